The Morgan fingerprint density at radius 3 is 2.17 bits per heavy atom. The molecule has 4 heteroatoms. The van der Waals surface area contributed by atoms with E-state index >= 15 is 0 Å². The first-order valence-electron chi connectivity index (χ1n) is 8.32. The normalized spacial score (nSPS) is 13.3. The van der Waals surface area contributed by atoms with Crippen molar-refractivity contribution in [1.82, 2.24) is 5.32 Å². The zero-order chi connectivity index (χ0) is 17.6. The minimum atomic E-state index is -0.585. The third-order valence-corrected chi connectivity index (χ3v) is 4.25. The molecule has 4 nitrogen and oxygen atoms in total. The van der Waals surface area contributed by atoms with Crippen molar-refractivity contribution in [2.24, 2.45) is 5.92 Å². The van der Waals surface area contributed by atoms with Crippen molar-refractivity contribution >= 4 is 11.9 Å². The Morgan fingerprint density at radius 1 is 1.13 bits per heavy atom. The number of benzene rings is 1. The number of esters is 1. The van der Waals surface area contributed by atoms with Gasteiger partial charge < -0.3 is 10.1 Å². The van der Waals surface area contributed by atoms with Crippen LogP contribution in [0.1, 0.15) is 49.4 Å². The number of hydrogen-bond acceptors (Lipinski definition) is 3. The van der Waals surface area contributed by atoms with Gasteiger partial charge in [-0.1, -0.05) is 38.0 Å². The fourth-order valence-corrected chi connectivity index (χ4v) is 2.78. The molecule has 0 aliphatic rings. The smallest absolute Gasteiger partial charge is 0.328 e. The van der Waals surface area contributed by atoms with E-state index in [0.717, 1.165) is 23.1 Å². The Hall–Kier alpha value is -1.84. The standard InChI is InChI=1S/C19H29NO3/c1-7-13(4)18(19(22)23-8-2)20-17(21)11-16-14(5)9-12(3)10-15(16)6/h9-10,13,18H,7-8,11H2,1-6H3,(H,20,21)/t13-,18-/m0/s1. The highest BCUT2D eigenvalue weighted by Crippen LogP contribution is 2.17. The number of aryl methyl sites for hydroxylation is 3. The zero-order valence-electron chi connectivity index (χ0n) is 15.2. The van der Waals surface area contributed by atoms with Gasteiger partial charge in [0.25, 0.3) is 0 Å². The van der Waals surface area contributed by atoms with E-state index < -0.39 is 6.04 Å². The summed E-state index contributed by atoms with van der Waals surface area (Å²) in [5, 5.41) is 2.86. The highest BCUT2D eigenvalue weighted by molar-refractivity contribution is 5.86. The van der Waals surface area contributed by atoms with Gasteiger partial charge in [0.05, 0.1) is 13.0 Å². The summed E-state index contributed by atoms with van der Waals surface area (Å²) in [4.78, 5) is 24.5. The molecule has 0 saturated heterocycles. The minimum Gasteiger partial charge on any atom is -0.464 e. The highest BCUT2D eigenvalue weighted by atomic mass is 16.5. The SMILES string of the molecule is CCOC(=O)[C@@H](NC(=O)Cc1c(C)cc(C)cc1C)[C@@H](C)CC. The Balaban J connectivity index is 2.86. The lowest BCUT2D eigenvalue weighted by atomic mass is 9.96. The summed E-state index contributed by atoms with van der Waals surface area (Å²) in [5.74, 6) is -0.454. The van der Waals surface area contributed by atoms with Crippen molar-refractivity contribution in [2.45, 2.75) is 60.4 Å². The fraction of sp³-hybridized carbons (Fsp3) is 0.579. The van der Waals surface area contributed by atoms with E-state index in [4.69, 9.17) is 4.74 Å². The third kappa shape index (κ3) is 5.38. The van der Waals surface area contributed by atoms with Crippen molar-refractivity contribution in [1.29, 1.82) is 0 Å². The van der Waals surface area contributed by atoms with Gasteiger partial charge >= 0.3 is 5.97 Å². The van der Waals surface area contributed by atoms with Crippen molar-refractivity contribution in [2.75, 3.05) is 6.61 Å². The van der Waals surface area contributed by atoms with Crippen LogP contribution < -0.4 is 5.32 Å². The van der Waals surface area contributed by atoms with Crippen LogP contribution in [0.2, 0.25) is 0 Å². The molecule has 0 saturated carbocycles. The summed E-state index contributed by atoms with van der Waals surface area (Å²) in [6.45, 7) is 12.1. The van der Waals surface area contributed by atoms with Crippen molar-refractivity contribution in [3.63, 3.8) is 0 Å². The monoisotopic (exact) mass is 319 g/mol. The molecule has 23 heavy (non-hydrogen) atoms. The molecule has 1 rings (SSSR count). The van der Waals surface area contributed by atoms with Gasteiger partial charge in [-0.25, -0.2) is 4.79 Å². The summed E-state index contributed by atoms with van der Waals surface area (Å²) in [5.41, 5.74) is 4.43. The maximum absolute atomic E-state index is 12.4. The third-order valence-electron chi connectivity index (χ3n) is 4.25. The van der Waals surface area contributed by atoms with Gasteiger partial charge in [0.1, 0.15) is 6.04 Å². The number of ether oxygens (including phenoxy) is 1. The van der Waals surface area contributed by atoms with Crippen LogP contribution >= 0.6 is 0 Å². The van der Waals surface area contributed by atoms with E-state index in [2.05, 4.69) is 17.4 Å². The molecule has 1 aromatic rings. The van der Waals surface area contributed by atoms with Crippen LogP contribution in [-0.2, 0) is 20.7 Å². The molecule has 0 aromatic heterocycles. The molecule has 0 aliphatic heterocycles. The molecule has 0 fully saturated rings. The summed E-state index contributed by atoms with van der Waals surface area (Å²) < 4.78 is 5.09. The van der Waals surface area contributed by atoms with Gasteiger partial charge in [0.2, 0.25) is 5.91 Å². The second kappa shape index (κ2) is 8.70. The van der Waals surface area contributed by atoms with Crippen LogP contribution in [-0.4, -0.2) is 24.5 Å². The lowest BCUT2D eigenvalue weighted by Gasteiger charge is -2.23. The van der Waals surface area contributed by atoms with Crippen LogP contribution in [0, 0.1) is 26.7 Å². The summed E-state index contributed by atoms with van der Waals surface area (Å²) in [6, 6.07) is 3.57. The van der Waals surface area contributed by atoms with Gasteiger partial charge in [-0.3, -0.25) is 4.79 Å². The van der Waals surface area contributed by atoms with Gasteiger partial charge in [0.15, 0.2) is 0 Å². The second-order valence-corrected chi connectivity index (χ2v) is 6.24. The van der Waals surface area contributed by atoms with Gasteiger partial charge in [0, 0.05) is 0 Å². The average molecular weight is 319 g/mol. The molecule has 0 spiro atoms. The maximum atomic E-state index is 12.4. The molecule has 0 radical (unpaired) electrons. The fourth-order valence-electron chi connectivity index (χ4n) is 2.78. The molecule has 1 N–H and O–H groups in total. The predicted molar refractivity (Wildman–Crippen MR) is 92.4 cm³/mol. The molecule has 1 amide bonds. The second-order valence-electron chi connectivity index (χ2n) is 6.24. The molecule has 0 aliphatic carbocycles. The van der Waals surface area contributed by atoms with Crippen molar-refractivity contribution < 1.29 is 14.3 Å². The maximum Gasteiger partial charge on any atom is 0.328 e. The molecule has 2 atom stereocenters. The van der Waals surface area contributed by atoms with E-state index in [1.807, 2.05) is 34.6 Å². The first kappa shape index (κ1) is 19.2. The Labute approximate surface area is 139 Å². The lowest BCUT2D eigenvalue weighted by molar-refractivity contribution is -0.148. The number of carbonyl (C=O) groups is 2. The van der Waals surface area contributed by atoms with Crippen LogP contribution in [0.25, 0.3) is 0 Å². The molecule has 1 aromatic carbocycles. The number of rotatable bonds is 7. The van der Waals surface area contributed by atoms with Crippen molar-refractivity contribution in [3.8, 4) is 0 Å². The van der Waals surface area contributed by atoms with E-state index in [1.165, 1.54) is 5.56 Å². The molecule has 128 valence electrons. The van der Waals surface area contributed by atoms with E-state index in [1.54, 1.807) is 6.92 Å². The van der Waals surface area contributed by atoms with Crippen LogP contribution in [0.5, 0.6) is 0 Å². The highest BCUT2D eigenvalue weighted by Gasteiger charge is 2.27. The van der Waals surface area contributed by atoms with Crippen LogP contribution in [0.15, 0.2) is 12.1 Å². The number of nitrogens with one attached hydrogen (secondary N) is 1. The number of amides is 1. The molecule has 0 heterocycles. The van der Waals surface area contributed by atoms with Gasteiger partial charge in [-0.15, -0.1) is 0 Å². The largest absolute Gasteiger partial charge is 0.464 e. The quantitative estimate of drug-likeness (QED) is 0.785. The molecule has 0 unspecified atom stereocenters. The van der Waals surface area contributed by atoms with E-state index in [0.29, 0.717) is 6.61 Å². The van der Waals surface area contributed by atoms with E-state index in [-0.39, 0.29) is 24.2 Å². The molecular formula is C19H29NO3. The lowest BCUT2D eigenvalue weighted by Crippen LogP contribution is -2.46. The first-order chi connectivity index (χ1) is 10.8. The zero-order valence-corrected chi connectivity index (χ0v) is 15.2. The average Bonchev–Trinajstić information content (AvgIpc) is 2.47. The number of hydrogen-bond donors (Lipinski definition) is 1. The molecule has 0 bridgehead atoms. The predicted octanol–water partition coefficient (Wildman–Crippen LogP) is 3.25. The summed E-state index contributed by atoms with van der Waals surface area (Å²) >= 11 is 0. The Bertz CT molecular complexity index is 543. The topological polar surface area (TPSA) is 55.4 Å². The van der Waals surface area contributed by atoms with Crippen LogP contribution in [0.3, 0.4) is 0 Å². The van der Waals surface area contributed by atoms with Gasteiger partial charge in [-0.2, -0.15) is 0 Å². The van der Waals surface area contributed by atoms with E-state index in [9.17, 15) is 9.59 Å². The Kier molecular flexibility index (Phi) is 7.27. The molecular weight excluding hydrogens is 290 g/mol. The van der Waals surface area contributed by atoms with Gasteiger partial charge in [-0.05, 0) is 50.3 Å². The summed E-state index contributed by atoms with van der Waals surface area (Å²) in [7, 11) is 0. The minimum absolute atomic E-state index is 0.0400. The Morgan fingerprint density at radius 2 is 1.70 bits per heavy atom. The summed E-state index contributed by atoms with van der Waals surface area (Å²) in [6.07, 6.45) is 1.08. The first-order valence-corrected chi connectivity index (χ1v) is 8.32. The van der Waals surface area contributed by atoms with Crippen LogP contribution in [0.4, 0.5) is 0 Å². The number of carbonyl (C=O) groups excluding carboxylic acids is 2. The van der Waals surface area contributed by atoms with Crippen molar-refractivity contribution in [3.05, 3.63) is 34.4 Å².